The van der Waals surface area contributed by atoms with E-state index in [0.717, 1.165) is 37.3 Å². The average Bonchev–Trinajstić information content (AvgIpc) is 3.36. The number of nitrogens with zero attached hydrogens (tertiary/aromatic N) is 4. The molecule has 1 fully saturated rings. The number of anilines is 4. The van der Waals surface area contributed by atoms with Crippen LogP contribution in [0.25, 0.3) is 0 Å². The van der Waals surface area contributed by atoms with Crippen molar-refractivity contribution in [1.29, 1.82) is 0 Å². The molecule has 0 bridgehead atoms. The summed E-state index contributed by atoms with van der Waals surface area (Å²) in [5.74, 6) is -4.16. The molecule has 13 heteroatoms. The fraction of sp³-hybridized carbons (Fsp3) is 0.400. The summed E-state index contributed by atoms with van der Waals surface area (Å²) in [5, 5.41) is 12.1. The lowest BCUT2D eigenvalue weighted by Crippen LogP contribution is -2.38. The van der Waals surface area contributed by atoms with Gasteiger partial charge < -0.3 is 24.7 Å². The molecule has 1 unspecified atom stereocenters. The van der Waals surface area contributed by atoms with E-state index < -0.39 is 34.9 Å². The number of amides is 1. The lowest BCUT2D eigenvalue weighted by molar-refractivity contribution is -0.149. The van der Waals surface area contributed by atoms with E-state index in [-0.39, 0.29) is 23.8 Å². The molecule has 38 heavy (non-hydrogen) atoms. The Morgan fingerprint density at radius 1 is 1.13 bits per heavy atom. The summed E-state index contributed by atoms with van der Waals surface area (Å²) in [6.45, 7) is 7.43. The zero-order valence-electron chi connectivity index (χ0n) is 21.1. The number of rotatable bonds is 8. The van der Waals surface area contributed by atoms with Gasteiger partial charge in [-0.15, -0.1) is 5.10 Å². The van der Waals surface area contributed by atoms with Gasteiger partial charge in [0, 0.05) is 25.2 Å². The van der Waals surface area contributed by atoms with Crippen LogP contribution in [0.15, 0.2) is 28.8 Å². The highest BCUT2D eigenvalue weighted by Gasteiger charge is 2.30. The fourth-order valence-electron chi connectivity index (χ4n) is 4.33. The minimum absolute atomic E-state index is 0.153. The molecule has 0 saturated carbocycles. The first-order valence-electron chi connectivity index (χ1n) is 12.1. The van der Waals surface area contributed by atoms with Crippen molar-refractivity contribution in [2.45, 2.75) is 33.6 Å². The van der Waals surface area contributed by atoms with Crippen LogP contribution < -0.4 is 15.5 Å². The first kappa shape index (κ1) is 26.9. The predicted octanol–water partition coefficient (Wildman–Crippen LogP) is 4.60. The molecule has 202 valence electrons. The van der Waals surface area contributed by atoms with Crippen LogP contribution in [0.4, 0.5) is 36.4 Å². The number of aromatic nitrogens is 3. The van der Waals surface area contributed by atoms with Crippen LogP contribution in [0.1, 0.15) is 42.9 Å². The minimum atomic E-state index is -1.35. The van der Waals surface area contributed by atoms with Crippen LogP contribution >= 0.6 is 0 Å². The molecular formula is C25H27F3N6O4. The van der Waals surface area contributed by atoms with Crippen LogP contribution in [0.5, 0.6) is 0 Å². The molecule has 2 N–H and O–H groups in total. The zero-order chi connectivity index (χ0) is 27.4. The zero-order valence-corrected chi connectivity index (χ0v) is 21.1. The molecular weight excluding hydrogens is 505 g/mol. The van der Waals surface area contributed by atoms with Crippen molar-refractivity contribution in [1.82, 2.24) is 15.2 Å². The Bertz CT molecular complexity index is 1330. The van der Waals surface area contributed by atoms with Gasteiger partial charge in [-0.2, -0.15) is 0 Å². The van der Waals surface area contributed by atoms with Gasteiger partial charge in [-0.05, 0) is 44.2 Å². The number of nitrogens with one attached hydrogen (secondary N) is 2. The summed E-state index contributed by atoms with van der Waals surface area (Å²) in [6.07, 6.45) is 3.17. The topological polar surface area (TPSA) is 122 Å². The largest absolute Gasteiger partial charge is 0.466 e. The van der Waals surface area contributed by atoms with Crippen molar-refractivity contribution in [2.24, 2.45) is 11.8 Å². The maximum absolute atomic E-state index is 13.8. The molecule has 1 atom stereocenters. The number of aryl methyl sites for hydroxylation is 1. The number of piperidine rings is 1. The molecule has 1 aliphatic heterocycles. The van der Waals surface area contributed by atoms with Gasteiger partial charge in [0.2, 0.25) is 0 Å². The SMILES string of the molecule is CCOC(=O)C(C)C1CCN(c2ncc(NC(=O)c3nnc(Nc4cc(F)c(F)cc4F)o3)cc2C)CC1. The molecule has 1 aromatic carbocycles. The molecule has 0 radical (unpaired) electrons. The van der Waals surface area contributed by atoms with Crippen LogP contribution in [0.2, 0.25) is 0 Å². The second-order valence-corrected chi connectivity index (χ2v) is 8.97. The Morgan fingerprint density at radius 3 is 2.53 bits per heavy atom. The van der Waals surface area contributed by atoms with Gasteiger partial charge in [0.25, 0.3) is 0 Å². The van der Waals surface area contributed by atoms with Crippen molar-refractivity contribution in [3.63, 3.8) is 0 Å². The molecule has 4 rings (SSSR count). The second-order valence-electron chi connectivity index (χ2n) is 8.97. The Morgan fingerprint density at radius 2 is 1.84 bits per heavy atom. The normalized spacial score (nSPS) is 14.7. The molecule has 3 heterocycles. The summed E-state index contributed by atoms with van der Waals surface area (Å²) < 4.78 is 50.6. The molecule has 1 amide bonds. The van der Waals surface area contributed by atoms with Gasteiger partial charge in [-0.1, -0.05) is 12.0 Å². The predicted molar refractivity (Wildman–Crippen MR) is 132 cm³/mol. The Kier molecular flexibility index (Phi) is 8.13. The highest BCUT2D eigenvalue weighted by molar-refractivity contribution is 6.01. The standard InChI is InChI=1S/C25H27F3N6O4/c1-4-37-24(36)14(3)15-5-7-34(8-6-15)21-13(2)9-16(12-29-21)30-22(35)23-32-33-25(38-23)31-20-11-18(27)17(26)10-19(20)28/h9-12,14-15H,4-8H2,1-3H3,(H,30,35)(H,31,33). The van der Waals surface area contributed by atoms with Crippen LogP contribution in [0, 0.1) is 36.2 Å². The number of carbonyl (C=O) groups excluding carboxylic acids is 2. The highest BCUT2D eigenvalue weighted by Crippen LogP contribution is 2.30. The summed E-state index contributed by atoms with van der Waals surface area (Å²) in [4.78, 5) is 31.2. The first-order chi connectivity index (χ1) is 18.2. The first-order valence-corrected chi connectivity index (χ1v) is 12.1. The van der Waals surface area contributed by atoms with Crippen LogP contribution in [0.3, 0.4) is 0 Å². The van der Waals surface area contributed by atoms with Crippen molar-refractivity contribution >= 4 is 35.1 Å². The molecule has 10 nitrogen and oxygen atoms in total. The third-order valence-electron chi connectivity index (χ3n) is 6.38. The van der Waals surface area contributed by atoms with E-state index in [1.165, 1.54) is 6.20 Å². The molecule has 1 saturated heterocycles. The van der Waals surface area contributed by atoms with Gasteiger partial charge in [-0.3, -0.25) is 9.59 Å². The Labute approximate surface area is 216 Å². The number of pyridine rings is 1. The van der Waals surface area contributed by atoms with E-state index in [4.69, 9.17) is 9.15 Å². The molecule has 1 aliphatic rings. The summed E-state index contributed by atoms with van der Waals surface area (Å²) in [6, 6.07) is 2.33. The van der Waals surface area contributed by atoms with Crippen molar-refractivity contribution < 1.29 is 31.9 Å². The summed E-state index contributed by atoms with van der Waals surface area (Å²) in [7, 11) is 0. The van der Waals surface area contributed by atoms with Gasteiger partial charge in [0.15, 0.2) is 11.6 Å². The quantitative estimate of drug-likeness (QED) is 0.316. The lowest BCUT2D eigenvalue weighted by atomic mass is 9.85. The van der Waals surface area contributed by atoms with Gasteiger partial charge in [0.1, 0.15) is 11.6 Å². The summed E-state index contributed by atoms with van der Waals surface area (Å²) in [5.41, 5.74) is 0.789. The number of halogens is 3. The second kappa shape index (κ2) is 11.5. The molecule has 3 aromatic rings. The Balaban J connectivity index is 1.35. The summed E-state index contributed by atoms with van der Waals surface area (Å²) >= 11 is 0. The van der Waals surface area contributed by atoms with Crippen LogP contribution in [-0.4, -0.2) is 46.8 Å². The molecule has 0 aliphatic carbocycles. The lowest BCUT2D eigenvalue weighted by Gasteiger charge is -2.35. The van der Waals surface area contributed by atoms with Crippen molar-refractivity contribution in [3.05, 3.63) is 53.3 Å². The molecule has 2 aromatic heterocycles. The van der Waals surface area contributed by atoms with Crippen molar-refractivity contribution in [3.8, 4) is 0 Å². The average molecular weight is 533 g/mol. The number of carbonyl (C=O) groups is 2. The third kappa shape index (κ3) is 6.03. The van der Waals surface area contributed by atoms with Gasteiger partial charge >= 0.3 is 23.8 Å². The van der Waals surface area contributed by atoms with E-state index in [1.807, 2.05) is 13.8 Å². The maximum Gasteiger partial charge on any atom is 0.320 e. The highest BCUT2D eigenvalue weighted by atomic mass is 19.2. The van der Waals surface area contributed by atoms with E-state index in [0.29, 0.717) is 24.4 Å². The van der Waals surface area contributed by atoms with E-state index in [2.05, 4.69) is 30.7 Å². The molecule has 0 spiro atoms. The smallest absolute Gasteiger partial charge is 0.320 e. The van der Waals surface area contributed by atoms with Gasteiger partial charge in [0.05, 0.1) is 30.1 Å². The fourth-order valence-corrected chi connectivity index (χ4v) is 4.33. The number of hydrogen-bond acceptors (Lipinski definition) is 9. The van der Waals surface area contributed by atoms with E-state index in [9.17, 15) is 22.8 Å². The number of esters is 1. The third-order valence-corrected chi connectivity index (χ3v) is 6.38. The van der Waals surface area contributed by atoms with Crippen molar-refractivity contribution in [2.75, 3.05) is 35.2 Å². The number of hydrogen-bond donors (Lipinski definition) is 2. The minimum Gasteiger partial charge on any atom is -0.466 e. The Hall–Kier alpha value is -4.16. The van der Waals surface area contributed by atoms with Crippen LogP contribution in [-0.2, 0) is 9.53 Å². The number of benzene rings is 1. The number of ether oxygens (including phenoxy) is 1. The van der Waals surface area contributed by atoms with E-state index >= 15 is 0 Å². The maximum atomic E-state index is 13.8. The monoisotopic (exact) mass is 532 g/mol. The van der Waals surface area contributed by atoms with E-state index in [1.54, 1.807) is 13.0 Å². The van der Waals surface area contributed by atoms with Gasteiger partial charge in [-0.25, -0.2) is 18.2 Å².